The van der Waals surface area contributed by atoms with E-state index in [1.807, 2.05) is 0 Å². The first-order valence-electron chi connectivity index (χ1n) is 6.16. The molecule has 0 unspecified atom stereocenters. The molecule has 0 aliphatic carbocycles. The van der Waals surface area contributed by atoms with Gasteiger partial charge in [0.25, 0.3) is 0 Å². The molecular formula is C13H12F3NO3S. The zero-order chi connectivity index (χ0) is 15.8. The second-order valence-corrected chi connectivity index (χ2v) is 5.54. The first-order chi connectivity index (χ1) is 9.71. The van der Waals surface area contributed by atoms with Gasteiger partial charge in [-0.3, -0.25) is 9.69 Å². The van der Waals surface area contributed by atoms with Gasteiger partial charge in [-0.1, -0.05) is 6.07 Å². The molecule has 0 saturated carbocycles. The molecule has 0 spiro atoms. The van der Waals surface area contributed by atoms with Crippen molar-refractivity contribution in [3.05, 3.63) is 34.9 Å². The molecule has 1 heterocycles. The van der Waals surface area contributed by atoms with Gasteiger partial charge in [-0.15, -0.1) is 0 Å². The van der Waals surface area contributed by atoms with Crippen LogP contribution in [0, 0.1) is 0 Å². The minimum absolute atomic E-state index is 0.0501. The van der Waals surface area contributed by atoms with E-state index in [2.05, 4.69) is 0 Å². The van der Waals surface area contributed by atoms with Crippen molar-refractivity contribution in [1.82, 2.24) is 4.90 Å². The number of halogens is 3. The fourth-order valence-electron chi connectivity index (χ4n) is 2.32. The van der Waals surface area contributed by atoms with Gasteiger partial charge >= 0.3 is 6.18 Å². The lowest BCUT2D eigenvalue weighted by atomic mass is 10.0. The van der Waals surface area contributed by atoms with Gasteiger partial charge in [0.1, 0.15) is 0 Å². The number of alkyl halides is 3. The van der Waals surface area contributed by atoms with E-state index in [4.69, 9.17) is 0 Å². The lowest BCUT2D eigenvalue weighted by Crippen LogP contribution is -2.36. The van der Waals surface area contributed by atoms with E-state index in [0.29, 0.717) is 18.4 Å². The number of carbonyl (C=O) groups is 1. The molecule has 0 radical (unpaired) electrons. The van der Waals surface area contributed by atoms with Gasteiger partial charge in [0.05, 0.1) is 5.56 Å². The van der Waals surface area contributed by atoms with Crippen LogP contribution in [0.1, 0.15) is 30.0 Å². The fourth-order valence-corrected chi connectivity index (χ4v) is 3.09. The van der Waals surface area contributed by atoms with Gasteiger partial charge in [0.2, 0.25) is 16.2 Å². The summed E-state index contributed by atoms with van der Waals surface area (Å²) in [4.78, 5) is 12.2. The van der Waals surface area contributed by atoms with E-state index in [0.717, 1.165) is 17.0 Å². The molecule has 1 amide bonds. The quantitative estimate of drug-likeness (QED) is 0.686. The number of aryl methyl sites for hydroxylation is 1. The van der Waals surface area contributed by atoms with Crippen molar-refractivity contribution in [2.24, 2.45) is 0 Å². The molecule has 4 nitrogen and oxygen atoms in total. The van der Waals surface area contributed by atoms with Crippen molar-refractivity contribution in [1.29, 1.82) is 0 Å². The summed E-state index contributed by atoms with van der Waals surface area (Å²) in [5.41, 5.74) is -0.494. The second kappa shape index (κ2) is 5.51. The van der Waals surface area contributed by atoms with Crippen LogP contribution in [0.5, 0.6) is 0 Å². The monoisotopic (exact) mass is 319 g/mol. The van der Waals surface area contributed by atoms with Crippen LogP contribution in [0.15, 0.2) is 18.2 Å². The summed E-state index contributed by atoms with van der Waals surface area (Å²) >= 11 is 0. The van der Waals surface area contributed by atoms with Crippen molar-refractivity contribution < 1.29 is 26.4 Å². The van der Waals surface area contributed by atoms with Gasteiger partial charge in [-0.2, -0.15) is 21.6 Å². The van der Waals surface area contributed by atoms with E-state index >= 15 is 0 Å². The highest BCUT2D eigenvalue weighted by molar-refractivity contribution is 7.73. The predicted molar refractivity (Wildman–Crippen MR) is 70.2 cm³/mol. The summed E-state index contributed by atoms with van der Waals surface area (Å²) in [6.07, 6.45) is -3.67. The third-order valence-electron chi connectivity index (χ3n) is 3.28. The molecule has 21 heavy (non-hydrogen) atoms. The standard InChI is InChI=1S/C13H12F3NO3S/c1-8(18)17-6-2-3-9-4-5-10(13(14,15)16)7-11(9)12(17)21(19)20/h4-5,7H,2-3,6H2,1H3. The first-order valence-corrected chi connectivity index (χ1v) is 7.24. The molecule has 0 aromatic heterocycles. The largest absolute Gasteiger partial charge is 0.416 e. The van der Waals surface area contributed by atoms with Gasteiger partial charge in [0, 0.05) is 19.0 Å². The van der Waals surface area contributed by atoms with Crippen molar-refractivity contribution in [3.8, 4) is 0 Å². The molecule has 1 aliphatic rings. The molecular weight excluding hydrogens is 307 g/mol. The smallest absolute Gasteiger partial charge is 0.299 e. The topological polar surface area (TPSA) is 54.5 Å². The number of rotatable bonds is 0. The Morgan fingerprint density at radius 1 is 1.29 bits per heavy atom. The molecule has 1 aliphatic heterocycles. The number of benzene rings is 1. The Morgan fingerprint density at radius 2 is 1.95 bits per heavy atom. The SMILES string of the molecule is CC(=O)N1CCCc2ccc(C(F)(F)F)cc2C1=S(=O)=O. The summed E-state index contributed by atoms with van der Waals surface area (Å²) < 4.78 is 61.3. The van der Waals surface area contributed by atoms with Crippen LogP contribution in [0.3, 0.4) is 0 Å². The van der Waals surface area contributed by atoms with Gasteiger partial charge in [-0.25, -0.2) is 0 Å². The summed E-state index contributed by atoms with van der Waals surface area (Å²) in [6.45, 7) is 1.35. The van der Waals surface area contributed by atoms with Crippen molar-refractivity contribution in [3.63, 3.8) is 0 Å². The van der Waals surface area contributed by atoms with Crippen LogP contribution in [0.4, 0.5) is 13.2 Å². The maximum Gasteiger partial charge on any atom is 0.416 e. The second-order valence-electron chi connectivity index (χ2n) is 4.68. The third kappa shape index (κ3) is 3.10. The Kier molecular flexibility index (Phi) is 4.08. The number of hydrogen-bond acceptors (Lipinski definition) is 3. The van der Waals surface area contributed by atoms with E-state index in [9.17, 15) is 26.4 Å². The molecule has 0 bridgehead atoms. The fraction of sp³-hybridized carbons (Fsp3) is 0.385. The zero-order valence-electron chi connectivity index (χ0n) is 11.1. The highest BCUT2D eigenvalue weighted by Gasteiger charge is 2.33. The van der Waals surface area contributed by atoms with Crippen LogP contribution in [-0.2, 0) is 27.7 Å². The summed E-state index contributed by atoms with van der Waals surface area (Å²) in [6, 6.07) is 2.99. The van der Waals surface area contributed by atoms with Gasteiger partial charge in [0.15, 0.2) is 4.99 Å². The molecule has 1 aromatic carbocycles. The number of hydrogen-bond donors (Lipinski definition) is 0. The Bertz CT molecular complexity index is 715. The van der Waals surface area contributed by atoms with Gasteiger partial charge in [-0.05, 0) is 30.5 Å². The first kappa shape index (κ1) is 15.6. The highest BCUT2D eigenvalue weighted by Crippen LogP contribution is 2.32. The van der Waals surface area contributed by atoms with E-state index in [-0.39, 0.29) is 17.1 Å². The van der Waals surface area contributed by atoms with Crippen molar-refractivity contribution in [2.75, 3.05) is 6.54 Å². The third-order valence-corrected chi connectivity index (χ3v) is 4.03. The molecule has 114 valence electrons. The molecule has 8 heteroatoms. The summed E-state index contributed by atoms with van der Waals surface area (Å²) in [7, 11) is -2.81. The maximum absolute atomic E-state index is 12.8. The minimum atomic E-state index is -4.57. The lowest BCUT2D eigenvalue weighted by molar-refractivity contribution is -0.137. The molecule has 0 atom stereocenters. The van der Waals surface area contributed by atoms with Crippen LogP contribution in [0.2, 0.25) is 0 Å². The average Bonchev–Trinajstić information content (AvgIpc) is 2.55. The van der Waals surface area contributed by atoms with Crippen molar-refractivity contribution >= 4 is 21.2 Å². The highest BCUT2D eigenvalue weighted by atomic mass is 32.2. The molecule has 2 rings (SSSR count). The normalized spacial score (nSPS) is 15.4. The Labute approximate surface area is 120 Å². The Hall–Kier alpha value is -1.83. The van der Waals surface area contributed by atoms with Crippen LogP contribution >= 0.6 is 0 Å². The average molecular weight is 319 g/mol. The molecule has 0 N–H and O–H groups in total. The Morgan fingerprint density at radius 3 is 2.48 bits per heavy atom. The maximum atomic E-state index is 12.8. The predicted octanol–water partition coefficient (Wildman–Crippen LogP) is 1.86. The van der Waals surface area contributed by atoms with E-state index in [1.165, 1.54) is 13.0 Å². The van der Waals surface area contributed by atoms with Gasteiger partial charge < -0.3 is 0 Å². The molecule has 1 aromatic rings. The number of amides is 1. The lowest BCUT2D eigenvalue weighted by Gasteiger charge is -2.19. The molecule has 0 fully saturated rings. The number of carbonyl (C=O) groups excluding carboxylic acids is 1. The molecule has 0 saturated heterocycles. The zero-order valence-corrected chi connectivity index (χ0v) is 11.9. The van der Waals surface area contributed by atoms with E-state index in [1.54, 1.807) is 0 Å². The summed E-state index contributed by atoms with van der Waals surface area (Å²) in [5.74, 6) is -0.514. The van der Waals surface area contributed by atoms with E-state index < -0.39 is 27.9 Å². The van der Waals surface area contributed by atoms with Crippen LogP contribution in [0.25, 0.3) is 0 Å². The number of nitrogens with zero attached hydrogens (tertiary/aromatic N) is 1. The minimum Gasteiger partial charge on any atom is -0.299 e. The van der Waals surface area contributed by atoms with Crippen LogP contribution in [-0.4, -0.2) is 30.8 Å². The van der Waals surface area contributed by atoms with Crippen molar-refractivity contribution in [2.45, 2.75) is 25.9 Å². The van der Waals surface area contributed by atoms with Crippen LogP contribution < -0.4 is 0 Å². The number of fused-ring (bicyclic) bond motifs is 1. The Balaban J connectivity index is 2.72. The summed E-state index contributed by atoms with van der Waals surface area (Å²) in [5, 5.41) is 0.